The van der Waals surface area contributed by atoms with E-state index in [0.29, 0.717) is 108 Å². The number of rotatable bonds is 34. The minimum absolute atomic E-state index is 0.0379. The lowest BCUT2D eigenvalue weighted by Gasteiger charge is -2.32. The van der Waals surface area contributed by atoms with E-state index in [1.54, 1.807) is 18.6 Å². The van der Waals surface area contributed by atoms with Gasteiger partial charge < -0.3 is 69.6 Å². The molecule has 0 amide bonds. The molecular formula is C93H110F6N26O17S2. The molecule has 1 aromatic heterocycles. The third kappa shape index (κ3) is 24.8. The second kappa shape index (κ2) is 45.0. The molecule has 1 aliphatic carbocycles. The van der Waals surface area contributed by atoms with Gasteiger partial charge in [0, 0.05) is 83.6 Å². The number of ketones is 1. The van der Waals surface area contributed by atoms with Crippen molar-refractivity contribution in [1.82, 2.24) is 113 Å². The number of carbonyl (C=O) groups excluding carboxylic acids is 1. The second-order valence-electron chi connectivity index (χ2n) is 35.3. The van der Waals surface area contributed by atoms with E-state index < -0.39 is 113 Å². The molecule has 15 N–H and O–H groups in total. The number of H-pyrrole nitrogens is 5. The molecule has 1 fully saturated rings. The number of alkyl halides is 6. The van der Waals surface area contributed by atoms with E-state index in [1.807, 2.05) is 142 Å². The highest BCUT2D eigenvalue weighted by Crippen LogP contribution is 2.41. The molecular weight excluding hydrogens is 1930 g/mol. The second-order valence-corrected chi connectivity index (χ2v) is 39.5. The van der Waals surface area contributed by atoms with Crippen LogP contribution in [0.2, 0.25) is 0 Å². The average Bonchev–Trinajstić information content (AvgIpc) is 0.911. The molecule has 43 nitrogen and oxygen atoms in total. The van der Waals surface area contributed by atoms with Crippen molar-refractivity contribution in [3.63, 3.8) is 0 Å². The summed E-state index contributed by atoms with van der Waals surface area (Å²) < 4.78 is 112. The monoisotopic (exact) mass is 2040 g/mol. The third-order valence-corrected chi connectivity index (χ3v) is 27.7. The number of carbonyl (C=O) groups is 1. The molecule has 51 heteroatoms. The van der Waals surface area contributed by atoms with E-state index in [0.717, 1.165) is 74.1 Å². The Balaban J connectivity index is 0.000000167. The van der Waals surface area contributed by atoms with Gasteiger partial charge in [0.25, 0.3) is 27.8 Å². The van der Waals surface area contributed by atoms with E-state index in [9.17, 15) is 98.0 Å². The fourth-order valence-electron chi connectivity index (χ4n) is 16.5. The molecule has 5 aromatic carbocycles. The molecule has 0 saturated heterocycles. The summed E-state index contributed by atoms with van der Waals surface area (Å²) in [7, 11) is -8.92. The normalized spacial score (nSPS) is 14.4. The number of hydrogen-bond acceptors (Lipinski definition) is 32. The summed E-state index contributed by atoms with van der Waals surface area (Å²) in [6.45, 7) is 23.1. The lowest BCUT2D eigenvalue weighted by molar-refractivity contribution is -0.121. The smallest absolute Gasteiger partial charge is 0.394 e. The molecule has 5 atom stereocenters. The van der Waals surface area contributed by atoms with Crippen LogP contribution in [-0.2, 0) is 50.4 Å². The van der Waals surface area contributed by atoms with Gasteiger partial charge >= 0.3 is 33.8 Å². The summed E-state index contributed by atoms with van der Waals surface area (Å²) in [4.78, 5) is 179. The number of hydrogen-bond donors (Lipinski definition) is 15. The van der Waals surface area contributed by atoms with Crippen LogP contribution in [0.25, 0.3) is 96.8 Å². The maximum absolute atomic E-state index is 13.2. The third-order valence-electron chi connectivity index (χ3n) is 24.9. The molecule has 0 radical (unpaired) electrons. The number of aryl methyl sites for hydroxylation is 9. The molecule has 144 heavy (non-hydrogen) atoms. The Morgan fingerprint density at radius 1 is 0.465 bits per heavy atom. The van der Waals surface area contributed by atoms with Crippen molar-refractivity contribution in [1.29, 1.82) is 0 Å². The predicted octanol–water partition coefficient (Wildman–Crippen LogP) is 2.22. The zero-order valence-corrected chi connectivity index (χ0v) is 81.7. The van der Waals surface area contributed by atoms with E-state index in [1.165, 1.54) is 12.8 Å². The Morgan fingerprint density at radius 3 is 1.22 bits per heavy atom. The lowest BCUT2D eigenvalue weighted by Crippen LogP contribution is -2.48. The van der Waals surface area contributed by atoms with E-state index in [-0.39, 0.29) is 134 Å². The van der Waals surface area contributed by atoms with Crippen LogP contribution in [0.4, 0.5) is 49.2 Å². The minimum atomic E-state index is -5.03. The van der Waals surface area contributed by atoms with Crippen molar-refractivity contribution in [2.75, 3.05) is 88.9 Å². The molecule has 16 rings (SSSR count). The van der Waals surface area contributed by atoms with Crippen LogP contribution in [-0.4, -0.2) is 258 Å². The molecule has 6 aromatic rings. The van der Waals surface area contributed by atoms with Gasteiger partial charge in [-0.1, -0.05) is 19.4 Å². The number of halogens is 6. The number of nitrogens with zero attached hydrogens (tertiary/aromatic N) is 16. The molecule has 1 saturated carbocycles. The van der Waals surface area contributed by atoms with Crippen LogP contribution < -0.4 is 91.7 Å². The van der Waals surface area contributed by atoms with Crippen molar-refractivity contribution in [3.8, 4) is 46.1 Å². The number of anilines is 3. The SMILES string of the molecule is C=S(=O)(NCCCN(CCn1c2nc(=O)[nH]c(=O)c-2nc2cc(C)c(C)cc21)CCn1c2nc(=O)[nH]c(=O)c-2nc2cc(C)c(C)cc21)C(F)(F)F.C=S(=O)(NCCCNCCn1c2nc(=O)[nH]c(=O)c-2nc2cc(C)c(C)cc21)C(F)(F)F.C=c1nc2c(c(=O)[nH]1)=Nc1cc(C)c(NC3CCCC3)cc1N2C[C@H](O)[C@H](O)[C@H](O)CO.Cc1cc2nc3c(=O)[nH]c(=O)nc-3n(CCNCCCC(=O)CO)c2cc1C. The first kappa shape index (κ1) is 108. The van der Waals surface area contributed by atoms with Crippen molar-refractivity contribution in [2.24, 2.45) is 4.99 Å². The predicted molar refractivity (Wildman–Crippen MR) is 533 cm³/mol. The summed E-state index contributed by atoms with van der Waals surface area (Å²) in [5.41, 5.74) is -0.130. The highest BCUT2D eigenvalue weighted by atomic mass is 32.2. The summed E-state index contributed by atoms with van der Waals surface area (Å²) in [6, 6.07) is 19.2. The average molecular weight is 2040 g/mol. The summed E-state index contributed by atoms with van der Waals surface area (Å²) >= 11 is 0. The zero-order chi connectivity index (χ0) is 105. The standard InChI is InChI=1S/C33H35F3N10O5S.C22H29N5O5.C19H23F3N6O3S.C19H23N5O4/c1-17-13-21-23(15-19(17)3)45(27-25(38-21)29(47)42-31(49)40-27)11-9-44(8-6-7-37-52(5,51)33(34,35)36)10-12-46-24-16-20(4)18(2)14-22(24)39-26-28(46)41-32(50)43-30(26)48;1-11-7-15-16(8-14(11)25-13-5-3-4-6-13)27(9-17(29)20(31)18(30)10-28)21-19(26-15)22(32)24-12(2)23-21;1-11-9-13-14(10-12(11)2)28(16-15(25-13)17(29)27-18(30)26-16)8-7-23-5-4-6-24-32(3,31)19(20,21)22;1-11-8-14-15(9-12(11)2)24(7-6-20-5-3-4-13(26)10-25)17-16(21-14)18(27)23-19(28)22-17/h13-16H,5-12H2,1-4H3,(H,37,51)(H,42,47,49)(H,43,48,50);7-8,13,17-18,20,25,28-31H,2-6,9-10H2,1H3,(H,24,32);9-10,23H,3-8H2,1-2H3,(H,24,31)(H,27,29,30);8-9,20,25H,3-7,10H2,1-2H3,(H,23,27,28)/t;17-,18+,20-;;/m.0../s1. The topological polar surface area (TPSA) is 600 Å². The molecule has 768 valence electrons. The molecule has 2 unspecified atom stereocenters. The Labute approximate surface area is 814 Å². The maximum atomic E-state index is 13.2. The van der Waals surface area contributed by atoms with Crippen LogP contribution in [0.15, 0.2) is 109 Å². The zero-order valence-electron chi connectivity index (χ0n) is 80.0. The first-order valence-electron chi connectivity index (χ1n) is 45.8. The largest absolute Gasteiger partial charge is 0.476 e. The number of aliphatic hydroxyl groups is 5. The number of fused-ring (bicyclic) bond motifs is 10. The molecule has 10 heterocycles. The van der Waals surface area contributed by atoms with Crippen LogP contribution in [0, 0.1) is 62.3 Å². The maximum Gasteiger partial charge on any atom is 0.476 e. The highest BCUT2D eigenvalue weighted by Gasteiger charge is 2.41. The molecule has 0 bridgehead atoms. The number of aromatic amines is 5. The van der Waals surface area contributed by atoms with Gasteiger partial charge in [-0.2, -0.15) is 46.3 Å². The van der Waals surface area contributed by atoms with Crippen molar-refractivity contribution in [2.45, 2.75) is 175 Å². The first-order valence-corrected chi connectivity index (χ1v) is 49.3. The highest BCUT2D eigenvalue weighted by molar-refractivity contribution is 7.99. The van der Waals surface area contributed by atoms with E-state index in [4.69, 9.17) is 10.2 Å². The number of Topliss-reactive ketones (excluding diaryl/α,β-unsaturated/α-hetero) is 1. The van der Waals surface area contributed by atoms with Crippen molar-refractivity contribution < 1.29 is 65.1 Å². The van der Waals surface area contributed by atoms with Crippen LogP contribution in [0.1, 0.15) is 101 Å². The molecule has 10 aliphatic rings. The Hall–Kier alpha value is -13.7. The fourth-order valence-corrected chi connectivity index (χ4v) is 17.8. The Kier molecular flexibility index (Phi) is 33.6. The van der Waals surface area contributed by atoms with Gasteiger partial charge in [-0.25, -0.2) is 67.0 Å². The van der Waals surface area contributed by atoms with Gasteiger partial charge in [-0.05, 0) is 237 Å². The van der Waals surface area contributed by atoms with E-state index >= 15 is 0 Å². The van der Waals surface area contributed by atoms with Gasteiger partial charge in [-0.15, -0.1) is 0 Å². The van der Waals surface area contributed by atoms with E-state index in [2.05, 4.69) is 109 Å². The number of aliphatic hydroxyl groups excluding tert-OH is 5. The van der Waals surface area contributed by atoms with Gasteiger partial charge in [0.05, 0.1) is 68.7 Å². The molecule has 9 aliphatic heterocycles. The Morgan fingerprint density at radius 2 is 0.840 bits per heavy atom. The number of aromatic nitrogens is 18. The lowest BCUT2D eigenvalue weighted by atomic mass is 10.0. The Bertz CT molecular complexity index is 7890. The van der Waals surface area contributed by atoms with Gasteiger partial charge in [0.2, 0.25) is 0 Å². The minimum Gasteiger partial charge on any atom is -0.394 e. The van der Waals surface area contributed by atoms with Crippen molar-refractivity contribution >= 4 is 111 Å². The van der Waals surface area contributed by atoms with Gasteiger partial charge in [0.15, 0.2) is 63.0 Å². The summed E-state index contributed by atoms with van der Waals surface area (Å²) in [6.07, 6.45) is 1.40. The summed E-state index contributed by atoms with van der Waals surface area (Å²) in [5.74, 6) is 6.07. The van der Waals surface area contributed by atoms with Crippen LogP contribution in [0.5, 0.6) is 0 Å². The number of β-amino-alcohol motifs (C(OH)–C–C–N with tert-alkyl or cyclic N) is 1. The quantitative estimate of drug-likeness (QED) is 0.0119. The number of benzene rings is 5. The summed E-state index contributed by atoms with van der Waals surface area (Å²) in [5, 5.41) is 58.3. The van der Waals surface area contributed by atoms with Crippen molar-refractivity contribution in [3.05, 3.63) is 215 Å². The fraction of sp³-hybridized carbons (Fsp3) is 0.419. The number of nitrogens with one attached hydrogen (secondary N) is 10. The van der Waals surface area contributed by atoms with Crippen LogP contribution in [0.3, 0.4) is 0 Å². The van der Waals surface area contributed by atoms with Crippen LogP contribution >= 0.6 is 0 Å². The molecule has 0 spiro atoms. The first-order chi connectivity index (χ1) is 68.0. The van der Waals surface area contributed by atoms with Gasteiger partial charge in [-0.3, -0.25) is 53.6 Å². The van der Waals surface area contributed by atoms with Gasteiger partial charge in [0.1, 0.15) is 49.8 Å².